The number of imidazole rings is 1. The molecule has 0 spiro atoms. The van der Waals surface area contributed by atoms with E-state index in [-0.39, 0.29) is 5.91 Å². The molecule has 0 bridgehead atoms. The first-order valence-corrected chi connectivity index (χ1v) is 5.52. The van der Waals surface area contributed by atoms with Crippen molar-refractivity contribution in [2.75, 3.05) is 12.3 Å². The van der Waals surface area contributed by atoms with Crippen molar-refractivity contribution in [3.8, 4) is 6.07 Å². The van der Waals surface area contributed by atoms with Crippen molar-refractivity contribution >= 4 is 22.9 Å². The lowest BCUT2D eigenvalue weighted by atomic mass is 10.2. The molecule has 0 fully saturated rings. The van der Waals surface area contributed by atoms with Crippen LogP contribution in [0.2, 0.25) is 0 Å². The van der Waals surface area contributed by atoms with Crippen LogP contribution >= 0.6 is 0 Å². The number of carbonyl (C=O) groups excluding carboxylic acids is 1. The molecule has 0 saturated carbocycles. The quantitative estimate of drug-likeness (QED) is 0.826. The number of aromatic nitrogens is 2. The molecule has 3 N–H and O–H groups in total. The molecule has 0 radical (unpaired) electrons. The molecule has 18 heavy (non-hydrogen) atoms. The molecule has 6 nitrogen and oxygen atoms in total. The van der Waals surface area contributed by atoms with Gasteiger partial charge in [-0.3, -0.25) is 4.79 Å². The Morgan fingerprint density at radius 3 is 3.06 bits per heavy atom. The van der Waals surface area contributed by atoms with E-state index in [1.165, 1.54) is 6.92 Å². The van der Waals surface area contributed by atoms with Gasteiger partial charge >= 0.3 is 0 Å². The maximum atomic E-state index is 10.8. The lowest BCUT2D eigenvalue weighted by molar-refractivity contribution is -0.118. The highest BCUT2D eigenvalue weighted by molar-refractivity contribution is 5.80. The molecule has 0 atom stereocenters. The van der Waals surface area contributed by atoms with Crippen LogP contribution in [-0.4, -0.2) is 22.0 Å². The van der Waals surface area contributed by atoms with Gasteiger partial charge in [0.15, 0.2) is 0 Å². The van der Waals surface area contributed by atoms with E-state index in [2.05, 4.69) is 16.4 Å². The third-order valence-corrected chi connectivity index (χ3v) is 2.62. The van der Waals surface area contributed by atoms with Crippen molar-refractivity contribution in [1.82, 2.24) is 14.9 Å². The molecule has 0 aliphatic heterocycles. The van der Waals surface area contributed by atoms with E-state index >= 15 is 0 Å². The summed E-state index contributed by atoms with van der Waals surface area (Å²) in [6.45, 7) is 2.46. The normalized spacial score (nSPS) is 10.2. The number of nitrogen functional groups attached to an aromatic ring is 1. The van der Waals surface area contributed by atoms with Crippen molar-refractivity contribution in [1.29, 1.82) is 5.26 Å². The van der Waals surface area contributed by atoms with Gasteiger partial charge in [-0.2, -0.15) is 5.26 Å². The first-order chi connectivity index (χ1) is 8.61. The SMILES string of the molecule is CC(=O)NCCn1c(N)nc2ccc(C#N)cc21. The van der Waals surface area contributed by atoms with E-state index in [0.29, 0.717) is 24.6 Å². The summed E-state index contributed by atoms with van der Waals surface area (Å²) in [4.78, 5) is 15.0. The second kappa shape index (κ2) is 4.75. The summed E-state index contributed by atoms with van der Waals surface area (Å²) in [5.74, 6) is 0.293. The van der Waals surface area contributed by atoms with Crippen LogP contribution in [0.3, 0.4) is 0 Å². The molecule has 92 valence electrons. The molecular weight excluding hydrogens is 230 g/mol. The highest BCUT2D eigenvalue weighted by atomic mass is 16.1. The number of nitrogens with zero attached hydrogens (tertiary/aromatic N) is 3. The monoisotopic (exact) mass is 243 g/mol. The first-order valence-electron chi connectivity index (χ1n) is 5.52. The van der Waals surface area contributed by atoms with Crippen LogP contribution in [0, 0.1) is 11.3 Å². The van der Waals surface area contributed by atoms with Gasteiger partial charge in [0.1, 0.15) is 0 Å². The number of nitriles is 1. The summed E-state index contributed by atoms with van der Waals surface area (Å²) in [7, 11) is 0. The highest BCUT2D eigenvalue weighted by Gasteiger charge is 2.08. The molecule has 0 aliphatic carbocycles. The van der Waals surface area contributed by atoms with Crippen molar-refractivity contribution in [3.05, 3.63) is 23.8 Å². The van der Waals surface area contributed by atoms with E-state index < -0.39 is 0 Å². The lowest BCUT2D eigenvalue weighted by Crippen LogP contribution is -2.24. The molecule has 1 heterocycles. The number of hydrogen-bond acceptors (Lipinski definition) is 4. The zero-order valence-electron chi connectivity index (χ0n) is 9.97. The van der Waals surface area contributed by atoms with Crippen LogP contribution in [0.25, 0.3) is 11.0 Å². The zero-order chi connectivity index (χ0) is 13.1. The minimum atomic E-state index is -0.0873. The van der Waals surface area contributed by atoms with E-state index in [0.717, 1.165) is 11.0 Å². The van der Waals surface area contributed by atoms with Gasteiger partial charge in [0.05, 0.1) is 22.7 Å². The predicted molar refractivity (Wildman–Crippen MR) is 67.5 cm³/mol. The Morgan fingerprint density at radius 1 is 1.61 bits per heavy atom. The Hall–Kier alpha value is -2.55. The van der Waals surface area contributed by atoms with E-state index in [4.69, 9.17) is 11.0 Å². The number of nitrogens with one attached hydrogen (secondary N) is 1. The summed E-state index contributed by atoms with van der Waals surface area (Å²) in [5.41, 5.74) is 7.92. The lowest BCUT2D eigenvalue weighted by Gasteiger charge is -2.06. The van der Waals surface area contributed by atoms with Gasteiger partial charge in [-0.25, -0.2) is 4.98 Å². The van der Waals surface area contributed by atoms with E-state index in [9.17, 15) is 4.79 Å². The summed E-state index contributed by atoms with van der Waals surface area (Å²) >= 11 is 0. The summed E-state index contributed by atoms with van der Waals surface area (Å²) in [6, 6.07) is 7.29. The van der Waals surface area contributed by atoms with Gasteiger partial charge in [0.2, 0.25) is 11.9 Å². The Kier molecular flexibility index (Phi) is 3.15. The molecule has 2 aromatic rings. The zero-order valence-corrected chi connectivity index (χ0v) is 9.97. The van der Waals surface area contributed by atoms with Gasteiger partial charge in [-0.05, 0) is 18.2 Å². The largest absolute Gasteiger partial charge is 0.369 e. The van der Waals surface area contributed by atoms with Crippen molar-refractivity contribution in [2.24, 2.45) is 0 Å². The fraction of sp³-hybridized carbons (Fsp3) is 0.250. The molecule has 0 saturated heterocycles. The van der Waals surface area contributed by atoms with Crippen molar-refractivity contribution in [3.63, 3.8) is 0 Å². The molecule has 2 rings (SSSR count). The molecule has 0 aliphatic rings. The molecule has 0 unspecified atom stereocenters. The number of hydrogen-bond donors (Lipinski definition) is 2. The van der Waals surface area contributed by atoms with Crippen LogP contribution in [0.4, 0.5) is 5.95 Å². The fourth-order valence-corrected chi connectivity index (χ4v) is 1.79. The third-order valence-electron chi connectivity index (χ3n) is 2.62. The predicted octanol–water partition coefficient (Wildman–Crippen LogP) is 0.626. The average Bonchev–Trinajstić information content (AvgIpc) is 2.64. The summed E-state index contributed by atoms with van der Waals surface area (Å²) in [6.07, 6.45) is 0. The minimum absolute atomic E-state index is 0.0873. The van der Waals surface area contributed by atoms with Gasteiger partial charge in [-0.15, -0.1) is 0 Å². The molecule has 1 amide bonds. The van der Waals surface area contributed by atoms with Gasteiger partial charge < -0.3 is 15.6 Å². The number of benzene rings is 1. The topological polar surface area (TPSA) is 96.7 Å². The number of carbonyl (C=O) groups is 1. The average molecular weight is 243 g/mol. The first kappa shape index (κ1) is 11.9. The van der Waals surface area contributed by atoms with Gasteiger partial charge in [-0.1, -0.05) is 0 Å². The van der Waals surface area contributed by atoms with E-state index in [1.54, 1.807) is 22.8 Å². The molecule has 6 heteroatoms. The Balaban J connectivity index is 2.33. The van der Waals surface area contributed by atoms with Gasteiger partial charge in [0.25, 0.3) is 0 Å². The van der Waals surface area contributed by atoms with Crippen molar-refractivity contribution in [2.45, 2.75) is 13.5 Å². The molecule has 1 aromatic carbocycles. The van der Waals surface area contributed by atoms with Crippen LogP contribution in [0.5, 0.6) is 0 Å². The van der Waals surface area contributed by atoms with Gasteiger partial charge in [0, 0.05) is 20.0 Å². The summed E-state index contributed by atoms with van der Waals surface area (Å²) in [5, 5.41) is 11.6. The van der Waals surface area contributed by atoms with Crippen LogP contribution in [0.1, 0.15) is 12.5 Å². The number of rotatable bonds is 3. The van der Waals surface area contributed by atoms with Crippen molar-refractivity contribution < 1.29 is 4.79 Å². The highest BCUT2D eigenvalue weighted by Crippen LogP contribution is 2.18. The Bertz CT molecular complexity index is 638. The standard InChI is InChI=1S/C12H13N5O/c1-8(18)15-4-5-17-11-6-9(7-13)2-3-10(11)16-12(17)14/h2-3,6H,4-5H2,1H3,(H2,14,16)(H,15,18). The number of amides is 1. The maximum absolute atomic E-state index is 10.8. The third kappa shape index (κ3) is 2.25. The number of nitrogens with two attached hydrogens (primary N) is 1. The van der Waals surface area contributed by atoms with Crippen LogP contribution < -0.4 is 11.1 Å². The second-order valence-corrected chi connectivity index (χ2v) is 3.92. The minimum Gasteiger partial charge on any atom is -0.369 e. The Morgan fingerprint density at radius 2 is 2.39 bits per heavy atom. The Labute approximate surface area is 104 Å². The molecule has 1 aromatic heterocycles. The van der Waals surface area contributed by atoms with Crippen LogP contribution in [-0.2, 0) is 11.3 Å². The van der Waals surface area contributed by atoms with E-state index in [1.807, 2.05) is 0 Å². The maximum Gasteiger partial charge on any atom is 0.216 e. The summed E-state index contributed by atoms with van der Waals surface area (Å²) < 4.78 is 1.78. The molecular formula is C12H13N5O. The number of anilines is 1. The number of fused-ring (bicyclic) bond motifs is 1. The van der Waals surface area contributed by atoms with Crippen LogP contribution in [0.15, 0.2) is 18.2 Å². The smallest absolute Gasteiger partial charge is 0.216 e. The fourth-order valence-electron chi connectivity index (χ4n) is 1.79. The second-order valence-electron chi connectivity index (χ2n) is 3.92.